The van der Waals surface area contributed by atoms with E-state index in [1.165, 1.54) is 0 Å². The van der Waals surface area contributed by atoms with Crippen molar-refractivity contribution >= 4 is 48.2 Å². The number of nitrogens with one attached hydrogen (secondary N) is 2. The molecule has 1 atom stereocenters. The molecule has 1 unspecified atom stereocenters. The molecule has 0 bridgehead atoms. The summed E-state index contributed by atoms with van der Waals surface area (Å²) in [5.74, 6) is -0.629. The number of nitrogens with two attached hydrogens (primary N) is 1. The quantitative estimate of drug-likeness (QED) is 0.653. The zero-order valence-electron chi connectivity index (χ0n) is 13.0. The molecule has 9 heteroatoms. The second kappa shape index (κ2) is 12.4. The van der Waals surface area contributed by atoms with Gasteiger partial charge in [-0.05, 0) is 25.7 Å². The monoisotopic (exact) mass is 384 g/mol. The van der Waals surface area contributed by atoms with Gasteiger partial charge in [0.25, 0.3) is 0 Å². The fourth-order valence-corrected chi connectivity index (χ4v) is 2.10. The Hall–Kier alpha value is -1.05. The minimum absolute atomic E-state index is 0. The smallest absolute Gasteiger partial charge is 0.239 e. The molecule has 132 valence electrons. The number of likely N-dealkylation sites (N-methyl/N-ethyl adjacent to an activating group) is 1. The van der Waals surface area contributed by atoms with Gasteiger partial charge in [-0.25, -0.2) is 0 Å². The van der Waals surface area contributed by atoms with Gasteiger partial charge in [-0.3, -0.25) is 9.59 Å². The molecule has 1 rings (SSSR count). The van der Waals surface area contributed by atoms with Crippen LogP contribution in [0.1, 0.15) is 11.6 Å². The van der Waals surface area contributed by atoms with Crippen LogP contribution in [-0.4, -0.2) is 50.4 Å². The van der Waals surface area contributed by atoms with E-state index < -0.39 is 0 Å². The Morgan fingerprint density at radius 3 is 2.30 bits per heavy atom. The standard InChI is InChI=1S/C14H21ClN4O2.2ClH/c1-19(2)12(10-5-3-4-6-11(10)15)8-17-14(21)9-18-13(20)7-16;;/h3-6,12H,7-9,16H2,1-2H3,(H,17,21)(H,18,20);2*1H. The van der Waals surface area contributed by atoms with Crippen LogP contribution in [0.5, 0.6) is 0 Å². The number of hydrogen-bond donors (Lipinski definition) is 3. The predicted octanol–water partition coefficient (Wildman–Crippen LogP) is 0.977. The average molecular weight is 386 g/mol. The maximum Gasteiger partial charge on any atom is 0.239 e. The van der Waals surface area contributed by atoms with Crippen molar-refractivity contribution in [2.24, 2.45) is 5.73 Å². The van der Waals surface area contributed by atoms with Crippen molar-refractivity contribution in [2.45, 2.75) is 6.04 Å². The Balaban J connectivity index is 0. The molecule has 2 amide bonds. The number of nitrogens with zero attached hydrogens (tertiary/aromatic N) is 1. The van der Waals surface area contributed by atoms with Gasteiger partial charge in [0.2, 0.25) is 11.8 Å². The van der Waals surface area contributed by atoms with Crippen LogP contribution in [0.15, 0.2) is 24.3 Å². The van der Waals surface area contributed by atoms with E-state index in [-0.39, 0.29) is 55.8 Å². The lowest BCUT2D eigenvalue weighted by Crippen LogP contribution is -2.42. The Bertz CT molecular complexity index is 501. The van der Waals surface area contributed by atoms with Crippen LogP contribution in [0.3, 0.4) is 0 Å². The number of amides is 2. The first-order valence-corrected chi connectivity index (χ1v) is 6.97. The van der Waals surface area contributed by atoms with E-state index in [1.807, 2.05) is 43.3 Å². The number of carbonyl (C=O) groups excluding carboxylic acids is 2. The van der Waals surface area contributed by atoms with E-state index in [9.17, 15) is 9.59 Å². The molecule has 1 aromatic rings. The average Bonchev–Trinajstić information content (AvgIpc) is 2.46. The Morgan fingerprint density at radius 1 is 1.17 bits per heavy atom. The molecule has 0 aliphatic heterocycles. The lowest BCUT2D eigenvalue weighted by molar-refractivity contribution is -0.125. The van der Waals surface area contributed by atoms with E-state index in [2.05, 4.69) is 10.6 Å². The number of hydrogen-bond acceptors (Lipinski definition) is 4. The fourth-order valence-electron chi connectivity index (χ4n) is 1.84. The molecule has 0 spiro atoms. The van der Waals surface area contributed by atoms with E-state index in [0.29, 0.717) is 11.6 Å². The fraction of sp³-hybridized carbons (Fsp3) is 0.429. The zero-order valence-corrected chi connectivity index (χ0v) is 15.4. The van der Waals surface area contributed by atoms with E-state index in [4.69, 9.17) is 17.3 Å². The van der Waals surface area contributed by atoms with Crippen LogP contribution in [0.2, 0.25) is 5.02 Å². The summed E-state index contributed by atoms with van der Waals surface area (Å²) in [7, 11) is 3.83. The van der Waals surface area contributed by atoms with Gasteiger partial charge in [0, 0.05) is 11.6 Å². The molecular formula is C14H23Cl3N4O2. The first-order valence-electron chi connectivity index (χ1n) is 6.60. The maximum atomic E-state index is 11.7. The van der Waals surface area contributed by atoms with Crippen molar-refractivity contribution < 1.29 is 9.59 Å². The summed E-state index contributed by atoms with van der Waals surface area (Å²) in [4.78, 5) is 24.6. The highest BCUT2D eigenvalue weighted by Crippen LogP contribution is 2.25. The number of rotatable bonds is 7. The molecule has 0 radical (unpaired) electrons. The van der Waals surface area contributed by atoms with E-state index in [1.54, 1.807) is 0 Å². The Labute approximate surface area is 153 Å². The summed E-state index contributed by atoms with van der Waals surface area (Å²) in [6, 6.07) is 7.46. The molecule has 0 heterocycles. The molecule has 0 saturated carbocycles. The van der Waals surface area contributed by atoms with Crippen LogP contribution >= 0.6 is 36.4 Å². The van der Waals surface area contributed by atoms with Crippen LogP contribution in [0.25, 0.3) is 0 Å². The lowest BCUT2D eigenvalue weighted by atomic mass is 10.1. The minimum atomic E-state index is -0.361. The summed E-state index contributed by atoms with van der Waals surface area (Å²) in [6.07, 6.45) is 0. The molecule has 4 N–H and O–H groups in total. The van der Waals surface area contributed by atoms with Crippen LogP contribution in [0, 0.1) is 0 Å². The predicted molar refractivity (Wildman–Crippen MR) is 97.4 cm³/mol. The zero-order chi connectivity index (χ0) is 15.8. The lowest BCUT2D eigenvalue weighted by Gasteiger charge is -2.26. The van der Waals surface area contributed by atoms with Gasteiger partial charge in [-0.1, -0.05) is 29.8 Å². The molecule has 6 nitrogen and oxygen atoms in total. The van der Waals surface area contributed by atoms with Crippen molar-refractivity contribution in [3.05, 3.63) is 34.9 Å². The van der Waals surface area contributed by atoms with Crippen LogP contribution < -0.4 is 16.4 Å². The highest BCUT2D eigenvalue weighted by Gasteiger charge is 2.17. The molecule has 0 saturated heterocycles. The van der Waals surface area contributed by atoms with Gasteiger partial charge < -0.3 is 21.3 Å². The third-order valence-corrected chi connectivity index (χ3v) is 3.36. The van der Waals surface area contributed by atoms with Gasteiger partial charge in [-0.2, -0.15) is 0 Å². The van der Waals surface area contributed by atoms with E-state index >= 15 is 0 Å². The van der Waals surface area contributed by atoms with Crippen molar-refractivity contribution in [1.82, 2.24) is 15.5 Å². The normalized spacial score (nSPS) is 11.0. The topological polar surface area (TPSA) is 87.5 Å². The molecule has 1 aromatic carbocycles. The summed E-state index contributed by atoms with van der Waals surface area (Å²) in [5.41, 5.74) is 6.09. The summed E-state index contributed by atoms with van der Waals surface area (Å²) in [5, 5.41) is 5.85. The molecule has 23 heavy (non-hydrogen) atoms. The maximum absolute atomic E-state index is 11.7. The minimum Gasteiger partial charge on any atom is -0.353 e. The number of halogens is 3. The van der Waals surface area contributed by atoms with Crippen molar-refractivity contribution in [1.29, 1.82) is 0 Å². The van der Waals surface area contributed by atoms with E-state index in [0.717, 1.165) is 5.56 Å². The third kappa shape index (κ3) is 8.39. The third-order valence-electron chi connectivity index (χ3n) is 3.01. The number of benzene rings is 1. The van der Waals surface area contributed by atoms with Crippen molar-refractivity contribution in [3.63, 3.8) is 0 Å². The SMILES string of the molecule is CN(C)C(CNC(=O)CNC(=O)CN)c1ccccc1Cl.Cl.Cl. The molecule has 0 aliphatic rings. The van der Waals surface area contributed by atoms with Crippen molar-refractivity contribution in [3.8, 4) is 0 Å². The van der Waals surface area contributed by atoms with Crippen LogP contribution in [0.4, 0.5) is 0 Å². The first kappa shape index (κ1) is 24.2. The van der Waals surface area contributed by atoms with Crippen molar-refractivity contribution in [2.75, 3.05) is 33.7 Å². The molecule has 0 fully saturated rings. The van der Waals surface area contributed by atoms with Gasteiger partial charge in [0.1, 0.15) is 0 Å². The highest BCUT2D eigenvalue weighted by molar-refractivity contribution is 6.31. The number of carbonyl (C=O) groups is 2. The summed E-state index contributed by atoms with van der Waals surface area (Å²) < 4.78 is 0. The van der Waals surface area contributed by atoms with Gasteiger partial charge >= 0.3 is 0 Å². The first-order chi connectivity index (χ1) is 9.95. The van der Waals surface area contributed by atoms with Crippen LogP contribution in [-0.2, 0) is 9.59 Å². The second-order valence-corrected chi connectivity index (χ2v) is 5.19. The second-order valence-electron chi connectivity index (χ2n) is 4.79. The van der Waals surface area contributed by atoms with Gasteiger partial charge in [0.15, 0.2) is 0 Å². The highest BCUT2D eigenvalue weighted by atomic mass is 35.5. The summed E-state index contributed by atoms with van der Waals surface area (Å²) in [6.45, 7) is 0.181. The Kier molecular flexibility index (Phi) is 13.0. The molecular weight excluding hydrogens is 363 g/mol. The summed E-state index contributed by atoms with van der Waals surface area (Å²) >= 11 is 6.19. The largest absolute Gasteiger partial charge is 0.353 e. The Morgan fingerprint density at radius 2 is 1.78 bits per heavy atom. The van der Waals surface area contributed by atoms with Gasteiger partial charge in [0.05, 0.1) is 19.1 Å². The molecule has 0 aliphatic carbocycles. The molecule has 0 aromatic heterocycles. The van der Waals surface area contributed by atoms with Gasteiger partial charge in [-0.15, -0.1) is 24.8 Å².